The van der Waals surface area contributed by atoms with Crippen LogP contribution in [-0.4, -0.2) is 44.7 Å². The van der Waals surface area contributed by atoms with Gasteiger partial charge in [-0.3, -0.25) is 4.99 Å². The summed E-state index contributed by atoms with van der Waals surface area (Å²) in [6.45, 7) is 10.1. The first-order valence-corrected chi connectivity index (χ1v) is 8.82. The van der Waals surface area contributed by atoms with Crippen molar-refractivity contribution >= 4 is 5.96 Å². The third-order valence-corrected chi connectivity index (χ3v) is 4.36. The molecule has 2 rings (SSSR count). The molecule has 2 unspecified atom stereocenters. The molecule has 24 heavy (non-hydrogen) atoms. The maximum absolute atomic E-state index is 5.57. The van der Waals surface area contributed by atoms with E-state index in [9.17, 15) is 0 Å². The summed E-state index contributed by atoms with van der Waals surface area (Å²) < 4.78 is 11.0. The molecule has 0 saturated carbocycles. The Morgan fingerprint density at radius 2 is 1.96 bits per heavy atom. The molecule has 0 bridgehead atoms. The van der Waals surface area contributed by atoms with Gasteiger partial charge in [-0.2, -0.15) is 0 Å². The highest BCUT2D eigenvalue weighted by atomic mass is 16.5. The van der Waals surface area contributed by atoms with Crippen LogP contribution in [0.2, 0.25) is 0 Å². The first-order chi connectivity index (χ1) is 11.6. The van der Waals surface area contributed by atoms with E-state index in [0.29, 0.717) is 25.0 Å². The summed E-state index contributed by atoms with van der Waals surface area (Å²) in [6.07, 6.45) is 1.30. The molecule has 0 aromatic heterocycles. The van der Waals surface area contributed by atoms with E-state index >= 15 is 0 Å². The minimum atomic E-state index is 0.631. The topological polar surface area (TPSA) is 46.1 Å². The van der Waals surface area contributed by atoms with Gasteiger partial charge in [-0.15, -0.1) is 0 Å². The molecule has 1 aliphatic rings. The molecule has 1 fully saturated rings. The van der Waals surface area contributed by atoms with Gasteiger partial charge in [-0.05, 0) is 42.9 Å². The molecule has 1 saturated heterocycles. The van der Waals surface area contributed by atoms with Crippen molar-refractivity contribution < 1.29 is 9.47 Å². The van der Waals surface area contributed by atoms with Gasteiger partial charge in [0.1, 0.15) is 0 Å². The van der Waals surface area contributed by atoms with Crippen LogP contribution in [-0.2, 0) is 6.54 Å². The smallest absolute Gasteiger partial charge is 0.193 e. The molecular formula is C19H31N3O2. The molecule has 1 heterocycles. The Morgan fingerprint density at radius 1 is 1.25 bits per heavy atom. The highest BCUT2D eigenvalue weighted by molar-refractivity contribution is 5.80. The first kappa shape index (κ1) is 18.4. The number of methoxy groups -OCH3 is 1. The molecule has 1 N–H and O–H groups in total. The number of piperidine rings is 1. The Labute approximate surface area is 146 Å². The van der Waals surface area contributed by atoms with Crippen molar-refractivity contribution in [3.8, 4) is 11.5 Å². The molecular weight excluding hydrogens is 302 g/mol. The summed E-state index contributed by atoms with van der Waals surface area (Å²) in [5, 5.41) is 3.48. The van der Waals surface area contributed by atoms with Gasteiger partial charge in [0.15, 0.2) is 17.5 Å². The van der Waals surface area contributed by atoms with Crippen LogP contribution in [0.3, 0.4) is 0 Å². The summed E-state index contributed by atoms with van der Waals surface area (Å²) in [5.74, 6) is 3.94. The maximum atomic E-state index is 5.57. The second-order valence-electron chi connectivity index (χ2n) is 6.67. The van der Waals surface area contributed by atoms with E-state index in [-0.39, 0.29) is 0 Å². The van der Waals surface area contributed by atoms with Crippen molar-refractivity contribution in [3.63, 3.8) is 0 Å². The quantitative estimate of drug-likeness (QED) is 0.664. The zero-order valence-electron chi connectivity index (χ0n) is 15.6. The third-order valence-electron chi connectivity index (χ3n) is 4.36. The van der Waals surface area contributed by atoms with E-state index in [2.05, 4.69) is 35.1 Å². The van der Waals surface area contributed by atoms with Crippen molar-refractivity contribution in [2.45, 2.75) is 33.7 Å². The fraction of sp³-hybridized carbons (Fsp3) is 0.632. The van der Waals surface area contributed by atoms with Gasteiger partial charge in [0.05, 0.1) is 13.7 Å². The number of nitrogens with one attached hydrogen (secondary N) is 1. The van der Waals surface area contributed by atoms with Gasteiger partial charge in [0.25, 0.3) is 0 Å². The van der Waals surface area contributed by atoms with Crippen LogP contribution < -0.4 is 14.8 Å². The van der Waals surface area contributed by atoms with Gasteiger partial charge < -0.3 is 19.7 Å². The minimum Gasteiger partial charge on any atom is -0.493 e. The number of hydrogen-bond acceptors (Lipinski definition) is 3. The van der Waals surface area contributed by atoms with Crippen LogP contribution in [0.5, 0.6) is 11.5 Å². The highest BCUT2D eigenvalue weighted by Crippen LogP contribution is 2.28. The van der Waals surface area contributed by atoms with Crippen LogP contribution in [0, 0.1) is 11.8 Å². The predicted molar refractivity (Wildman–Crippen MR) is 98.9 cm³/mol. The third kappa shape index (κ3) is 4.79. The van der Waals surface area contributed by atoms with Gasteiger partial charge in [-0.1, -0.05) is 19.9 Å². The number of nitrogens with zero attached hydrogens (tertiary/aromatic N) is 2. The molecule has 1 aliphatic heterocycles. The lowest BCUT2D eigenvalue weighted by molar-refractivity contribution is 0.208. The fourth-order valence-corrected chi connectivity index (χ4v) is 3.45. The van der Waals surface area contributed by atoms with Gasteiger partial charge in [0, 0.05) is 26.7 Å². The van der Waals surface area contributed by atoms with E-state index in [0.717, 1.165) is 36.1 Å². The van der Waals surface area contributed by atoms with Crippen molar-refractivity contribution in [1.82, 2.24) is 10.2 Å². The van der Waals surface area contributed by atoms with Crippen LogP contribution in [0.4, 0.5) is 0 Å². The van der Waals surface area contributed by atoms with E-state index in [4.69, 9.17) is 9.47 Å². The number of aliphatic imine (C=N–C) groups is 1. The summed E-state index contributed by atoms with van der Waals surface area (Å²) in [6, 6.07) is 6.05. The average Bonchev–Trinajstić information content (AvgIpc) is 2.56. The van der Waals surface area contributed by atoms with Crippen molar-refractivity contribution in [2.24, 2.45) is 16.8 Å². The van der Waals surface area contributed by atoms with E-state index < -0.39 is 0 Å². The largest absolute Gasteiger partial charge is 0.493 e. The summed E-state index contributed by atoms with van der Waals surface area (Å²) in [4.78, 5) is 6.83. The normalized spacial score (nSPS) is 21.5. The Morgan fingerprint density at radius 3 is 2.54 bits per heavy atom. The lowest BCUT2D eigenvalue weighted by Gasteiger charge is -2.37. The highest BCUT2D eigenvalue weighted by Gasteiger charge is 2.23. The van der Waals surface area contributed by atoms with E-state index in [1.54, 1.807) is 7.11 Å². The number of guanidine groups is 1. The average molecular weight is 333 g/mol. The van der Waals surface area contributed by atoms with Gasteiger partial charge in [-0.25, -0.2) is 0 Å². The van der Waals surface area contributed by atoms with E-state index in [1.165, 1.54) is 6.42 Å². The number of rotatable bonds is 5. The SMILES string of the molecule is CCOc1ccc(CNC(=NC)N2CC(C)CC(C)C2)cc1OC. The summed E-state index contributed by atoms with van der Waals surface area (Å²) >= 11 is 0. The van der Waals surface area contributed by atoms with Gasteiger partial charge in [0.2, 0.25) is 0 Å². The lowest BCUT2D eigenvalue weighted by atomic mass is 9.92. The maximum Gasteiger partial charge on any atom is 0.193 e. The number of hydrogen-bond donors (Lipinski definition) is 1. The predicted octanol–water partition coefficient (Wildman–Crippen LogP) is 3.15. The second-order valence-corrected chi connectivity index (χ2v) is 6.67. The molecule has 1 aromatic rings. The summed E-state index contributed by atoms with van der Waals surface area (Å²) in [7, 11) is 3.52. The van der Waals surface area contributed by atoms with Gasteiger partial charge >= 0.3 is 0 Å². The Hall–Kier alpha value is -1.91. The number of benzene rings is 1. The molecule has 0 radical (unpaired) electrons. The molecule has 2 atom stereocenters. The van der Waals surface area contributed by atoms with Crippen molar-refractivity contribution in [1.29, 1.82) is 0 Å². The van der Waals surface area contributed by atoms with Crippen LogP contribution in [0.15, 0.2) is 23.2 Å². The lowest BCUT2D eigenvalue weighted by Crippen LogP contribution is -2.48. The van der Waals surface area contributed by atoms with Crippen LogP contribution >= 0.6 is 0 Å². The monoisotopic (exact) mass is 333 g/mol. The summed E-state index contributed by atoms with van der Waals surface area (Å²) in [5.41, 5.74) is 1.15. The second kappa shape index (κ2) is 8.81. The van der Waals surface area contributed by atoms with Crippen molar-refractivity contribution in [3.05, 3.63) is 23.8 Å². The zero-order valence-corrected chi connectivity index (χ0v) is 15.6. The van der Waals surface area contributed by atoms with E-state index in [1.807, 2.05) is 26.1 Å². The Bertz CT molecular complexity index is 550. The van der Waals surface area contributed by atoms with Crippen molar-refractivity contribution in [2.75, 3.05) is 33.9 Å². The van der Waals surface area contributed by atoms with Crippen LogP contribution in [0.1, 0.15) is 32.8 Å². The molecule has 134 valence electrons. The fourth-order valence-electron chi connectivity index (χ4n) is 3.45. The molecule has 0 aliphatic carbocycles. The Kier molecular flexibility index (Phi) is 6.76. The molecule has 0 amide bonds. The molecule has 5 nitrogen and oxygen atoms in total. The number of likely N-dealkylation sites (tertiary alicyclic amines) is 1. The molecule has 5 heteroatoms. The zero-order chi connectivity index (χ0) is 17.5. The Balaban J connectivity index is 2.00. The standard InChI is InChI=1S/C19H31N3O2/c1-6-24-17-8-7-16(10-18(17)23-5)11-21-19(20-4)22-12-14(2)9-15(3)13-22/h7-8,10,14-15H,6,9,11-13H2,1-5H3,(H,20,21). The molecule has 0 spiro atoms. The van der Waals surface area contributed by atoms with Crippen LogP contribution in [0.25, 0.3) is 0 Å². The number of ether oxygens (including phenoxy) is 2. The first-order valence-electron chi connectivity index (χ1n) is 8.82. The molecule has 1 aromatic carbocycles. The minimum absolute atomic E-state index is 0.631.